The molecule has 28 heavy (non-hydrogen) atoms. The van der Waals surface area contributed by atoms with Gasteiger partial charge in [-0.1, -0.05) is 60.7 Å². The molecule has 138 valence electrons. The fourth-order valence-corrected chi connectivity index (χ4v) is 4.45. The maximum absolute atomic E-state index is 6.40. The Balaban J connectivity index is 1.53. The van der Waals surface area contributed by atoms with E-state index in [4.69, 9.17) is 15.0 Å². The topological polar surface area (TPSA) is 44.5 Å². The van der Waals surface area contributed by atoms with Crippen molar-refractivity contribution in [3.8, 4) is 17.2 Å². The minimum atomic E-state index is -0.943. The summed E-state index contributed by atoms with van der Waals surface area (Å²) < 4.78 is 12.3. The fraction of sp³-hybridized carbons (Fsp3) is 0. The van der Waals surface area contributed by atoms with Crippen molar-refractivity contribution in [3.63, 3.8) is 0 Å². The number of nitrogens with two attached hydrogens (primary N) is 1. The van der Waals surface area contributed by atoms with E-state index in [0.29, 0.717) is 5.69 Å². The van der Waals surface area contributed by atoms with Crippen LogP contribution in [0.4, 0.5) is 5.69 Å². The Morgan fingerprint density at radius 3 is 1.43 bits per heavy atom. The average Bonchev–Trinajstić information content (AvgIpc) is 2.76. The van der Waals surface area contributed by atoms with E-state index in [0.717, 1.165) is 17.2 Å². The zero-order valence-electron chi connectivity index (χ0n) is 15.2. The van der Waals surface area contributed by atoms with Gasteiger partial charge in [-0.15, -0.1) is 0 Å². The molecule has 4 heteroatoms. The maximum atomic E-state index is 6.40. The van der Waals surface area contributed by atoms with Crippen LogP contribution in [0.1, 0.15) is 0 Å². The number of anilines is 1. The van der Waals surface area contributed by atoms with E-state index in [9.17, 15) is 0 Å². The SMILES string of the molecule is Nc1ccc(Oc2ccc(OP(c3ccccc3)c3ccccc3)cc2)cc1. The Morgan fingerprint density at radius 1 is 0.500 bits per heavy atom. The van der Waals surface area contributed by atoms with Crippen LogP contribution >= 0.6 is 8.15 Å². The summed E-state index contributed by atoms with van der Waals surface area (Å²) >= 11 is 0. The van der Waals surface area contributed by atoms with Crippen LogP contribution in [-0.4, -0.2) is 0 Å². The highest BCUT2D eigenvalue weighted by Crippen LogP contribution is 2.37. The lowest BCUT2D eigenvalue weighted by Crippen LogP contribution is -2.15. The van der Waals surface area contributed by atoms with Crippen molar-refractivity contribution in [1.82, 2.24) is 0 Å². The Kier molecular flexibility index (Phi) is 5.56. The maximum Gasteiger partial charge on any atom is 0.150 e. The molecular weight excluding hydrogens is 365 g/mol. The first kappa shape index (κ1) is 18.1. The highest BCUT2D eigenvalue weighted by Gasteiger charge is 2.16. The van der Waals surface area contributed by atoms with E-state index < -0.39 is 8.15 Å². The standard InChI is InChI=1S/C24H20NO2P/c25-19-11-13-20(14-12-19)26-21-15-17-22(18-16-21)27-28(23-7-3-1-4-8-23)24-9-5-2-6-10-24/h1-18H,25H2. The van der Waals surface area contributed by atoms with Crippen molar-refractivity contribution in [2.75, 3.05) is 5.73 Å². The minimum Gasteiger partial charge on any atom is -0.464 e. The van der Waals surface area contributed by atoms with Crippen molar-refractivity contribution in [2.24, 2.45) is 0 Å². The summed E-state index contributed by atoms with van der Waals surface area (Å²) in [5, 5.41) is 2.34. The van der Waals surface area contributed by atoms with Gasteiger partial charge in [0.1, 0.15) is 17.2 Å². The smallest absolute Gasteiger partial charge is 0.150 e. The molecule has 0 heterocycles. The number of hydrogen-bond acceptors (Lipinski definition) is 3. The first-order valence-electron chi connectivity index (χ1n) is 8.99. The summed E-state index contributed by atoms with van der Waals surface area (Å²) in [5.74, 6) is 2.31. The highest BCUT2D eigenvalue weighted by molar-refractivity contribution is 7.68. The number of hydrogen-bond donors (Lipinski definition) is 1. The Hall–Kier alpha value is -3.29. The van der Waals surface area contributed by atoms with E-state index >= 15 is 0 Å². The van der Waals surface area contributed by atoms with Gasteiger partial charge in [-0.2, -0.15) is 0 Å². The molecular formula is C24H20NO2P. The van der Waals surface area contributed by atoms with Gasteiger partial charge in [-0.05, 0) is 48.5 Å². The molecule has 0 atom stereocenters. The molecule has 0 spiro atoms. The monoisotopic (exact) mass is 385 g/mol. The van der Waals surface area contributed by atoms with Crippen LogP contribution < -0.4 is 25.6 Å². The molecule has 4 aromatic rings. The van der Waals surface area contributed by atoms with E-state index in [1.54, 1.807) is 0 Å². The zero-order chi connectivity index (χ0) is 19.2. The predicted molar refractivity (Wildman–Crippen MR) is 117 cm³/mol. The summed E-state index contributed by atoms with van der Waals surface area (Å²) in [7, 11) is -0.943. The molecule has 3 nitrogen and oxygen atoms in total. The van der Waals surface area contributed by atoms with Gasteiger partial charge >= 0.3 is 0 Å². The molecule has 2 N–H and O–H groups in total. The molecule has 0 aliphatic carbocycles. The number of ether oxygens (including phenoxy) is 1. The van der Waals surface area contributed by atoms with Crippen LogP contribution in [0, 0.1) is 0 Å². The quantitative estimate of drug-likeness (QED) is 0.353. The van der Waals surface area contributed by atoms with Crippen molar-refractivity contribution in [3.05, 3.63) is 109 Å². The lowest BCUT2D eigenvalue weighted by molar-refractivity contribution is 0.481. The Bertz CT molecular complexity index is 964. The van der Waals surface area contributed by atoms with E-state index in [-0.39, 0.29) is 0 Å². The van der Waals surface area contributed by atoms with Gasteiger partial charge in [0.25, 0.3) is 0 Å². The molecule has 4 aromatic carbocycles. The predicted octanol–water partition coefficient (Wildman–Crippen LogP) is 5.49. The summed E-state index contributed by atoms with van der Waals surface area (Å²) in [6.07, 6.45) is 0. The molecule has 0 amide bonds. The summed E-state index contributed by atoms with van der Waals surface area (Å²) in [6, 6.07) is 35.7. The van der Waals surface area contributed by atoms with E-state index in [2.05, 4.69) is 24.3 Å². The molecule has 0 fully saturated rings. The van der Waals surface area contributed by atoms with Crippen LogP contribution in [0.3, 0.4) is 0 Å². The van der Waals surface area contributed by atoms with Gasteiger partial charge in [0.2, 0.25) is 0 Å². The van der Waals surface area contributed by atoms with Crippen LogP contribution in [0.5, 0.6) is 17.2 Å². The number of nitrogen functional groups attached to an aromatic ring is 1. The normalized spacial score (nSPS) is 10.6. The van der Waals surface area contributed by atoms with Crippen LogP contribution in [0.25, 0.3) is 0 Å². The van der Waals surface area contributed by atoms with E-state index in [1.807, 2.05) is 84.9 Å². The molecule has 0 saturated heterocycles. The lowest BCUT2D eigenvalue weighted by Gasteiger charge is -2.19. The van der Waals surface area contributed by atoms with E-state index in [1.165, 1.54) is 10.6 Å². The average molecular weight is 385 g/mol. The third-order valence-electron chi connectivity index (χ3n) is 4.12. The first-order chi connectivity index (χ1) is 13.8. The molecule has 4 rings (SSSR count). The summed E-state index contributed by atoms with van der Waals surface area (Å²) in [5.41, 5.74) is 6.43. The fourth-order valence-electron chi connectivity index (χ4n) is 2.73. The minimum absolute atomic E-state index is 0.714. The highest BCUT2D eigenvalue weighted by atomic mass is 31.1. The van der Waals surface area contributed by atoms with Gasteiger partial charge in [0.15, 0.2) is 8.15 Å². The first-order valence-corrected chi connectivity index (χ1v) is 10.3. The Labute approximate surface area is 166 Å². The number of benzene rings is 4. The van der Waals surface area contributed by atoms with Crippen LogP contribution in [0.15, 0.2) is 109 Å². The molecule has 0 aliphatic heterocycles. The van der Waals surface area contributed by atoms with Crippen molar-refractivity contribution in [1.29, 1.82) is 0 Å². The van der Waals surface area contributed by atoms with Gasteiger partial charge < -0.3 is 15.0 Å². The van der Waals surface area contributed by atoms with Gasteiger partial charge in [-0.25, -0.2) is 0 Å². The molecule has 0 unspecified atom stereocenters. The third kappa shape index (κ3) is 4.51. The molecule has 0 saturated carbocycles. The third-order valence-corrected chi connectivity index (χ3v) is 6.05. The van der Waals surface area contributed by atoms with Crippen molar-refractivity contribution < 1.29 is 9.26 Å². The van der Waals surface area contributed by atoms with Gasteiger partial charge in [0, 0.05) is 16.3 Å². The second-order valence-electron chi connectivity index (χ2n) is 6.20. The van der Waals surface area contributed by atoms with Crippen LogP contribution in [0.2, 0.25) is 0 Å². The summed E-state index contributed by atoms with van der Waals surface area (Å²) in [4.78, 5) is 0. The second-order valence-corrected chi connectivity index (χ2v) is 8.00. The van der Waals surface area contributed by atoms with Gasteiger partial charge in [-0.3, -0.25) is 0 Å². The molecule has 0 radical (unpaired) electrons. The number of rotatable bonds is 6. The summed E-state index contributed by atoms with van der Waals surface area (Å²) in [6.45, 7) is 0. The lowest BCUT2D eigenvalue weighted by atomic mass is 10.3. The zero-order valence-corrected chi connectivity index (χ0v) is 16.1. The van der Waals surface area contributed by atoms with Crippen LogP contribution in [-0.2, 0) is 0 Å². The molecule has 0 bridgehead atoms. The Morgan fingerprint density at radius 2 is 0.929 bits per heavy atom. The van der Waals surface area contributed by atoms with Gasteiger partial charge in [0.05, 0.1) is 0 Å². The molecule has 0 aliphatic rings. The molecule has 0 aromatic heterocycles. The van der Waals surface area contributed by atoms with Crippen molar-refractivity contribution in [2.45, 2.75) is 0 Å². The second kappa shape index (κ2) is 8.60. The largest absolute Gasteiger partial charge is 0.464 e. The van der Waals surface area contributed by atoms with Crippen molar-refractivity contribution >= 4 is 24.4 Å².